The highest BCUT2D eigenvalue weighted by atomic mass is 19.4. The van der Waals surface area contributed by atoms with Crippen LogP contribution in [0.3, 0.4) is 0 Å². The van der Waals surface area contributed by atoms with Crippen LogP contribution in [-0.2, 0) is 7.05 Å². The van der Waals surface area contributed by atoms with Crippen molar-refractivity contribution in [3.05, 3.63) is 54.2 Å². The molecular weight excluding hydrogens is 291 g/mol. The Bertz CT molecular complexity index is 816. The standard InChI is InChI=1S/C17H14F3NO/c1-11-9-14-4-3-13(10-16(14)21(11)2)12-5-7-15(8-6-12)22-17(18,19)20/h3-10H,1-2H3. The average molecular weight is 305 g/mol. The minimum Gasteiger partial charge on any atom is -0.406 e. The molecule has 22 heavy (non-hydrogen) atoms. The molecule has 3 aromatic rings. The Morgan fingerprint density at radius 3 is 2.18 bits per heavy atom. The van der Waals surface area contributed by atoms with Crippen molar-refractivity contribution in [2.75, 3.05) is 0 Å². The van der Waals surface area contributed by atoms with Crippen LogP contribution in [0.2, 0.25) is 0 Å². The van der Waals surface area contributed by atoms with Crippen molar-refractivity contribution in [1.82, 2.24) is 4.57 Å². The summed E-state index contributed by atoms with van der Waals surface area (Å²) in [5.41, 5.74) is 4.04. The minimum atomic E-state index is -4.67. The monoisotopic (exact) mass is 305 g/mol. The molecule has 0 amide bonds. The molecule has 0 atom stereocenters. The Morgan fingerprint density at radius 2 is 1.55 bits per heavy atom. The maximum absolute atomic E-state index is 12.2. The van der Waals surface area contributed by atoms with Gasteiger partial charge in [0.15, 0.2) is 0 Å². The van der Waals surface area contributed by atoms with Crippen molar-refractivity contribution < 1.29 is 17.9 Å². The lowest BCUT2D eigenvalue weighted by Crippen LogP contribution is -2.16. The SMILES string of the molecule is Cc1cc2ccc(-c3ccc(OC(F)(F)F)cc3)cc2n1C. The lowest BCUT2D eigenvalue weighted by molar-refractivity contribution is -0.274. The highest BCUT2D eigenvalue weighted by molar-refractivity contribution is 5.86. The number of hydrogen-bond acceptors (Lipinski definition) is 1. The zero-order valence-corrected chi connectivity index (χ0v) is 12.1. The predicted octanol–water partition coefficient (Wildman–Crippen LogP) is 5.05. The van der Waals surface area contributed by atoms with Crippen molar-refractivity contribution in [2.45, 2.75) is 13.3 Å². The van der Waals surface area contributed by atoms with Crippen LogP contribution >= 0.6 is 0 Å². The van der Waals surface area contributed by atoms with E-state index in [1.54, 1.807) is 12.1 Å². The van der Waals surface area contributed by atoms with E-state index in [1.807, 2.05) is 32.2 Å². The molecule has 0 aliphatic carbocycles. The normalized spacial score (nSPS) is 11.9. The van der Waals surface area contributed by atoms with Gasteiger partial charge in [-0.3, -0.25) is 0 Å². The van der Waals surface area contributed by atoms with Crippen LogP contribution in [0.1, 0.15) is 5.69 Å². The number of ether oxygens (including phenoxy) is 1. The van der Waals surface area contributed by atoms with Crippen LogP contribution in [0.4, 0.5) is 13.2 Å². The second kappa shape index (κ2) is 5.09. The van der Waals surface area contributed by atoms with Gasteiger partial charge in [0.1, 0.15) is 5.75 Å². The fraction of sp³-hybridized carbons (Fsp3) is 0.176. The van der Waals surface area contributed by atoms with Crippen molar-refractivity contribution in [3.8, 4) is 16.9 Å². The summed E-state index contributed by atoms with van der Waals surface area (Å²) in [7, 11) is 1.99. The molecule has 2 nitrogen and oxygen atoms in total. The smallest absolute Gasteiger partial charge is 0.406 e. The van der Waals surface area contributed by atoms with E-state index >= 15 is 0 Å². The zero-order chi connectivity index (χ0) is 15.9. The fourth-order valence-electron chi connectivity index (χ4n) is 2.50. The molecule has 1 heterocycles. The number of hydrogen-bond donors (Lipinski definition) is 0. The molecule has 0 saturated heterocycles. The molecule has 5 heteroatoms. The van der Waals surface area contributed by atoms with E-state index in [0.717, 1.165) is 27.7 Å². The second-order valence-corrected chi connectivity index (χ2v) is 5.19. The third-order valence-corrected chi connectivity index (χ3v) is 3.71. The van der Waals surface area contributed by atoms with E-state index in [1.165, 1.54) is 12.1 Å². The molecule has 0 bridgehead atoms. The molecule has 3 rings (SSSR count). The van der Waals surface area contributed by atoms with Gasteiger partial charge >= 0.3 is 6.36 Å². The number of nitrogens with zero attached hydrogens (tertiary/aromatic N) is 1. The van der Waals surface area contributed by atoms with E-state index < -0.39 is 6.36 Å². The summed E-state index contributed by atoms with van der Waals surface area (Å²) in [5, 5.41) is 1.14. The first-order valence-corrected chi connectivity index (χ1v) is 6.76. The number of halogens is 3. The number of aromatic nitrogens is 1. The van der Waals surface area contributed by atoms with E-state index in [9.17, 15) is 13.2 Å². The summed E-state index contributed by atoms with van der Waals surface area (Å²) in [6.07, 6.45) is -4.67. The fourth-order valence-corrected chi connectivity index (χ4v) is 2.50. The Labute approximate surface area is 125 Å². The van der Waals surface area contributed by atoms with Crippen LogP contribution in [0.5, 0.6) is 5.75 Å². The summed E-state index contributed by atoms with van der Waals surface area (Å²) in [6, 6.07) is 14.0. The molecule has 0 N–H and O–H groups in total. The molecule has 114 valence electrons. The van der Waals surface area contributed by atoms with E-state index in [4.69, 9.17) is 0 Å². The molecule has 0 aliphatic heterocycles. The van der Waals surface area contributed by atoms with Crippen LogP contribution in [0.25, 0.3) is 22.0 Å². The third-order valence-electron chi connectivity index (χ3n) is 3.71. The highest BCUT2D eigenvalue weighted by Crippen LogP contribution is 2.29. The largest absolute Gasteiger partial charge is 0.573 e. The predicted molar refractivity (Wildman–Crippen MR) is 79.8 cm³/mol. The third kappa shape index (κ3) is 2.79. The lowest BCUT2D eigenvalue weighted by atomic mass is 10.0. The molecule has 0 saturated carbocycles. The van der Waals surface area contributed by atoms with Gasteiger partial charge in [-0.15, -0.1) is 13.2 Å². The Kier molecular flexibility index (Phi) is 3.35. The van der Waals surface area contributed by atoms with Crippen LogP contribution < -0.4 is 4.74 Å². The number of benzene rings is 2. The summed E-state index contributed by atoms with van der Waals surface area (Å²) >= 11 is 0. The van der Waals surface area contributed by atoms with Gasteiger partial charge in [0.2, 0.25) is 0 Å². The Morgan fingerprint density at radius 1 is 0.909 bits per heavy atom. The van der Waals surface area contributed by atoms with E-state index in [0.29, 0.717) is 0 Å². The van der Waals surface area contributed by atoms with Gasteiger partial charge in [-0.1, -0.05) is 24.3 Å². The molecule has 0 unspecified atom stereocenters. The van der Waals surface area contributed by atoms with Crippen molar-refractivity contribution in [2.24, 2.45) is 7.05 Å². The van der Waals surface area contributed by atoms with Crippen molar-refractivity contribution in [1.29, 1.82) is 0 Å². The van der Waals surface area contributed by atoms with Gasteiger partial charge < -0.3 is 9.30 Å². The highest BCUT2D eigenvalue weighted by Gasteiger charge is 2.30. The molecular formula is C17H14F3NO. The Hall–Kier alpha value is -2.43. The summed E-state index contributed by atoms with van der Waals surface area (Å²) in [6.45, 7) is 2.03. The van der Waals surface area contributed by atoms with Gasteiger partial charge in [-0.05, 0) is 47.7 Å². The van der Waals surface area contributed by atoms with E-state index in [2.05, 4.69) is 15.4 Å². The zero-order valence-electron chi connectivity index (χ0n) is 12.1. The summed E-state index contributed by atoms with van der Waals surface area (Å²) in [5.74, 6) is -0.216. The van der Waals surface area contributed by atoms with Gasteiger partial charge in [-0.25, -0.2) is 0 Å². The Balaban J connectivity index is 1.95. The van der Waals surface area contributed by atoms with Crippen LogP contribution in [0, 0.1) is 6.92 Å². The number of alkyl halides is 3. The molecule has 0 spiro atoms. The lowest BCUT2D eigenvalue weighted by Gasteiger charge is -2.09. The average Bonchev–Trinajstić information content (AvgIpc) is 2.73. The molecule has 1 aromatic heterocycles. The minimum absolute atomic E-state index is 0.216. The summed E-state index contributed by atoms with van der Waals surface area (Å²) < 4.78 is 42.4. The van der Waals surface area contributed by atoms with Gasteiger partial charge in [0.05, 0.1) is 0 Å². The maximum atomic E-state index is 12.2. The second-order valence-electron chi connectivity index (χ2n) is 5.19. The number of rotatable bonds is 2. The van der Waals surface area contributed by atoms with Crippen LogP contribution in [0.15, 0.2) is 48.5 Å². The summed E-state index contributed by atoms with van der Waals surface area (Å²) in [4.78, 5) is 0. The topological polar surface area (TPSA) is 14.2 Å². The van der Waals surface area contributed by atoms with Crippen molar-refractivity contribution >= 4 is 10.9 Å². The van der Waals surface area contributed by atoms with E-state index in [-0.39, 0.29) is 5.75 Å². The van der Waals surface area contributed by atoms with Crippen molar-refractivity contribution in [3.63, 3.8) is 0 Å². The first-order chi connectivity index (χ1) is 10.3. The van der Waals surface area contributed by atoms with Gasteiger partial charge in [-0.2, -0.15) is 0 Å². The maximum Gasteiger partial charge on any atom is 0.573 e. The number of aryl methyl sites for hydroxylation is 2. The van der Waals surface area contributed by atoms with Crippen LogP contribution in [-0.4, -0.2) is 10.9 Å². The molecule has 2 aromatic carbocycles. The molecule has 0 aliphatic rings. The van der Waals surface area contributed by atoms with Gasteiger partial charge in [0, 0.05) is 18.3 Å². The number of fused-ring (bicyclic) bond motifs is 1. The molecule has 0 radical (unpaired) electrons. The first kappa shape index (κ1) is 14.5. The van der Waals surface area contributed by atoms with Gasteiger partial charge in [0.25, 0.3) is 0 Å². The molecule has 0 fully saturated rings. The quantitative estimate of drug-likeness (QED) is 0.646. The first-order valence-electron chi connectivity index (χ1n) is 6.76.